The Morgan fingerprint density at radius 2 is 1.58 bits per heavy atom. The van der Waals surface area contributed by atoms with Gasteiger partial charge < -0.3 is 24.7 Å². The van der Waals surface area contributed by atoms with E-state index in [-0.39, 0.29) is 29.3 Å². The smallest absolute Gasteiger partial charge is 0.399 e. The van der Waals surface area contributed by atoms with Crippen LogP contribution in [0.3, 0.4) is 0 Å². The molecule has 5 aromatic rings. The Kier molecular flexibility index (Phi) is 12.4. The number of benzene rings is 4. The minimum absolute atomic E-state index is 0.0926. The van der Waals surface area contributed by atoms with E-state index in [1.165, 1.54) is 21.9 Å². The summed E-state index contributed by atoms with van der Waals surface area (Å²) in [5.74, 6) is -2.04. The van der Waals surface area contributed by atoms with E-state index in [1.807, 2.05) is 42.5 Å². The van der Waals surface area contributed by atoms with Gasteiger partial charge in [0, 0.05) is 31.8 Å². The minimum atomic E-state index is -5.81. The lowest BCUT2D eigenvalue weighted by molar-refractivity contribution is -0.140. The third-order valence-corrected chi connectivity index (χ3v) is 12.4. The highest BCUT2D eigenvalue weighted by atomic mass is 127. The van der Waals surface area contributed by atoms with E-state index in [9.17, 15) is 42.3 Å². The topological polar surface area (TPSA) is 154 Å². The van der Waals surface area contributed by atoms with Crippen molar-refractivity contribution in [2.75, 3.05) is 11.4 Å². The Morgan fingerprint density at radius 3 is 2.19 bits per heavy atom. The lowest BCUT2D eigenvalue weighted by Gasteiger charge is -2.36. The first-order chi connectivity index (χ1) is 26.8. The number of halogens is 3. The normalized spacial score (nSPS) is 15.3. The van der Waals surface area contributed by atoms with Gasteiger partial charge in [-0.15, -0.1) is 11.3 Å². The molecule has 3 amide bonds. The van der Waals surface area contributed by atoms with Crippen LogP contribution in [0.1, 0.15) is 64.8 Å². The van der Waals surface area contributed by atoms with Gasteiger partial charge in [0.2, 0.25) is 5.91 Å². The number of carbonyl (C=O) groups excluding carboxylic acids is 4. The zero-order valence-electron chi connectivity index (χ0n) is 31.0. The second-order valence-corrected chi connectivity index (χ2v) is 18.6. The van der Waals surface area contributed by atoms with Crippen molar-refractivity contribution in [2.45, 2.75) is 58.0 Å². The second kappa shape index (κ2) is 16.7. The molecule has 6 rings (SSSR count). The van der Waals surface area contributed by atoms with Gasteiger partial charge in [0.25, 0.3) is 11.8 Å². The summed E-state index contributed by atoms with van der Waals surface area (Å²) in [5.41, 5.74) is -4.00. The number of hydrogen-bond acceptors (Lipinski definition) is 7. The summed E-state index contributed by atoms with van der Waals surface area (Å²) in [7, 11) is -5.81. The molecule has 1 aliphatic heterocycles. The summed E-state index contributed by atoms with van der Waals surface area (Å²) >= 11 is 3.14. The molecule has 1 aliphatic rings. The van der Waals surface area contributed by atoms with Crippen molar-refractivity contribution in [1.29, 1.82) is 0 Å². The third kappa shape index (κ3) is 9.28. The van der Waals surface area contributed by atoms with Crippen molar-refractivity contribution in [1.82, 2.24) is 10.2 Å². The molecule has 0 radical (unpaired) electrons. The Morgan fingerprint density at radius 1 is 0.947 bits per heavy atom. The maximum absolute atomic E-state index is 14.7. The first kappa shape index (κ1) is 42.1. The van der Waals surface area contributed by atoms with Gasteiger partial charge >= 0.3 is 19.2 Å². The zero-order valence-corrected chi connectivity index (χ0v) is 34.9. The van der Waals surface area contributed by atoms with Crippen LogP contribution in [-0.2, 0) is 31.2 Å². The van der Waals surface area contributed by atoms with Gasteiger partial charge in [-0.2, -0.15) is 8.78 Å². The summed E-state index contributed by atoms with van der Waals surface area (Å²) < 4.78 is 47.2. The molecule has 0 aliphatic carbocycles. The highest BCUT2D eigenvalue weighted by Crippen LogP contribution is 2.59. The van der Waals surface area contributed by atoms with Crippen molar-refractivity contribution in [3.63, 3.8) is 0 Å². The molecule has 0 saturated carbocycles. The van der Waals surface area contributed by atoms with Crippen LogP contribution < -0.4 is 10.2 Å². The molecule has 298 valence electrons. The molecule has 1 saturated heterocycles. The Bertz CT molecular complexity index is 2350. The SMILES string of the molecule is CC(C)(C)[C@H](NC(=O)c1cc2cc(C(F)(F)P(=O)(O)O)ccc2s1)C(=O)N1CCC[C@H]1C(=O)N(c1ccc(I)cc1)c1ccc(C(=O)OCc2ccccc2)cc1. The number of likely N-dealkylation sites (tertiary alicyclic amines) is 1. The lowest BCUT2D eigenvalue weighted by Crippen LogP contribution is -2.57. The maximum atomic E-state index is 14.7. The van der Waals surface area contributed by atoms with Crippen LogP contribution in [-0.4, -0.2) is 57.0 Å². The molecule has 1 aromatic heterocycles. The molecule has 3 N–H and O–H groups in total. The van der Waals surface area contributed by atoms with Crippen LogP contribution in [0.4, 0.5) is 20.2 Å². The van der Waals surface area contributed by atoms with Gasteiger partial charge in [0.05, 0.1) is 10.4 Å². The Hall–Kier alpha value is -4.54. The standard InChI is InChI=1S/C41H39F2IN3O8PS/c1-40(2,3)35(45-36(48)34-23-27-22-28(13-20-33(27)57-34)41(42,43)56(52,53)54)38(50)46-21-7-10-32(46)37(49)47(31-18-14-29(44)15-19-31)30-16-11-26(12-17-30)39(51)55-24-25-8-5-4-6-9-25/h4-6,8-9,11-20,22-23,32,35H,7,10,21,24H2,1-3H3,(H,45,48)(H2,52,53,54)/t32-,35+/m0/s1. The largest absolute Gasteiger partial charge is 0.457 e. The fraction of sp³-hybridized carbons (Fsp3) is 0.268. The number of nitrogens with one attached hydrogen (secondary N) is 1. The average molecular weight is 930 g/mol. The molecule has 0 spiro atoms. The molecular weight excluding hydrogens is 890 g/mol. The summed E-state index contributed by atoms with van der Waals surface area (Å²) in [6, 6.07) is 25.5. The predicted octanol–water partition coefficient (Wildman–Crippen LogP) is 8.59. The monoisotopic (exact) mass is 929 g/mol. The number of nitrogens with zero attached hydrogens (tertiary/aromatic N) is 2. The van der Waals surface area contributed by atoms with Crippen molar-refractivity contribution in [3.8, 4) is 0 Å². The van der Waals surface area contributed by atoms with E-state index in [1.54, 1.807) is 57.2 Å². The number of anilines is 2. The number of esters is 1. The molecule has 4 aromatic carbocycles. The quantitative estimate of drug-likeness (QED) is 0.0677. The Labute approximate surface area is 345 Å². The molecule has 57 heavy (non-hydrogen) atoms. The average Bonchev–Trinajstić information content (AvgIpc) is 3.84. The Balaban J connectivity index is 1.23. The van der Waals surface area contributed by atoms with Gasteiger partial charge in [-0.05, 0) is 119 Å². The molecule has 2 heterocycles. The highest BCUT2D eigenvalue weighted by molar-refractivity contribution is 14.1. The van der Waals surface area contributed by atoms with Crippen LogP contribution in [0.15, 0.2) is 103 Å². The van der Waals surface area contributed by atoms with Gasteiger partial charge in [-0.1, -0.05) is 57.2 Å². The number of thiophene rings is 1. The summed E-state index contributed by atoms with van der Waals surface area (Å²) in [4.78, 5) is 77.1. The van der Waals surface area contributed by atoms with Crippen LogP contribution >= 0.6 is 41.5 Å². The predicted molar refractivity (Wildman–Crippen MR) is 222 cm³/mol. The number of ether oxygens (including phenoxy) is 1. The first-order valence-electron chi connectivity index (χ1n) is 17.8. The van der Waals surface area contributed by atoms with Gasteiger partial charge in [-0.3, -0.25) is 23.8 Å². The van der Waals surface area contributed by atoms with Crippen molar-refractivity contribution < 1.29 is 47.0 Å². The van der Waals surface area contributed by atoms with Gasteiger partial charge in [-0.25, -0.2) is 4.79 Å². The number of hydrogen-bond donors (Lipinski definition) is 3. The van der Waals surface area contributed by atoms with E-state index < -0.39 is 54.1 Å². The summed E-state index contributed by atoms with van der Waals surface area (Å²) in [5, 5.41) is 2.99. The molecule has 2 atom stereocenters. The lowest BCUT2D eigenvalue weighted by atomic mass is 9.85. The summed E-state index contributed by atoms with van der Waals surface area (Å²) in [6.45, 7) is 5.67. The van der Waals surface area contributed by atoms with E-state index in [0.717, 1.165) is 32.6 Å². The van der Waals surface area contributed by atoms with Crippen molar-refractivity contribution >= 4 is 86.7 Å². The van der Waals surface area contributed by atoms with E-state index in [2.05, 4.69) is 27.9 Å². The third-order valence-electron chi connectivity index (χ3n) is 9.54. The maximum Gasteiger partial charge on any atom is 0.399 e. The number of rotatable bonds is 11. The molecule has 16 heteroatoms. The zero-order chi connectivity index (χ0) is 41.3. The molecule has 0 unspecified atom stereocenters. The molecular formula is C41H39F2IN3O8PS. The number of amides is 3. The van der Waals surface area contributed by atoms with Crippen LogP contribution in [0.25, 0.3) is 10.1 Å². The van der Waals surface area contributed by atoms with Crippen LogP contribution in [0.5, 0.6) is 0 Å². The molecule has 1 fully saturated rings. The van der Waals surface area contributed by atoms with Gasteiger partial charge in [0.15, 0.2) is 0 Å². The van der Waals surface area contributed by atoms with Crippen LogP contribution in [0, 0.1) is 8.99 Å². The molecule has 11 nitrogen and oxygen atoms in total. The van der Waals surface area contributed by atoms with Crippen molar-refractivity contribution in [2.24, 2.45) is 5.41 Å². The first-order valence-corrected chi connectivity index (χ1v) is 21.4. The number of alkyl halides is 2. The second-order valence-electron chi connectivity index (χ2n) is 14.7. The van der Waals surface area contributed by atoms with E-state index in [0.29, 0.717) is 34.5 Å². The number of carbonyl (C=O) groups is 4. The fourth-order valence-corrected chi connectivity index (χ4v) is 8.29. The minimum Gasteiger partial charge on any atom is -0.457 e. The fourth-order valence-electron chi connectivity index (χ4n) is 6.51. The number of fused-ring (bicyclic) bond motifs is 1. The highest BCUT2D eigenvalue weighted by Gasteiger charge is 2.50. The van der Waals surface area contributed by atoms with Gasteiger partial charge in [0.1, 0.15) is 18.7 Å². The van der Waals surface area contributed by atoms with Crippen LogP contribution in [0.2, 0.25) is 0 Å². The van der Waals surface area contributed by atoms with Crippen molar-refractivity contribution in [3.05, 3.63) is 128 Å². The van der Waals surface area contributed by atoms with E-state index >= 15 is 0 Å². The summed E-state index contributed by atoms with van der Waals surface area (Å²) in [6.07, 6.45) is 0.885. The molecule has 0 bridgehead atoms. The van der Waals surface area contributed by atoms with E-state index in [4.69, 9.17) is 4.74 Å².